The van der Waals surface area contributed by atoms with Gasteiger partial charge in [-0.2, -0.15) is 0 Å². The van der Waals surface area contributed by atoms with Crippen LogP contribution in [0.2, 0.25) is 0 Å². The Hall–Kier alpha value is -2.11. The van der Waals surface area contributed by atoms with Gasteiger partial charge in [0.2, 0.25) is 0 Å². The molecule has 0 spiro atoms. The van der Waals surface area contributed by atoms with Crippen LogP contribution in [0.4, 0.5) is 10.5 Å². The number of nitrogens with zero attached hydrogens (tertiary/aromatic N) is 2. The van der Waals surface area contributed by atoms with E-state index >= 15 is 0 Å². The van der Waals surface area contributed by atoms with E-state index in [0.29, 0.717) is 12.1 Å². The first-order valence-electron chi connectivity index (χ1n) is 6.23. The molecule has 1 rings (SSSR count). The molecule has 19 heavy (non-hydrogen) atoms. The summed E-state index contributed by atoms with van der Waals surface area (Å²) in [6, 6.07) is 2.14. The number of carbonyl (C=O) groups is 2. The molecule has 6 nitrogen and oxygen atoms in total. The summed E-state index contributed by atoms with van der Waals surface area (Å²) >= 11 is 0. The molecule has 0 fully saturated rings. The molecule has 0 bridgehead atoms. The van der Waals surface area contributed by atoms with Gasteiger partial charge >= 0.3 is 12.0 Å². The number of carboxylic acid groups (broad SMARTS) is 1. The summed E-state index contributed by atoms with van der Waals surface area (Å²) < 4.78 is 0. The number of unbranched alkanes of at least 4 members (excludes halogenated alkanes) is 1. The Labute approximate surface area is 112 Å². The zero-order valence-electron chi connectivity index (χ0n) is 11.2. The molecule has 0 aliphatic heterocycles. The Balaban J connectivity index is 2.64. The topological polar surface area (TPSA) is 82.5 Å². The molecule has 0 aromatic carbocycles. The maximum absolute atomic E-state index is 11.9. The normalized spacial score (nSPS) is 11.7. The van der Waals surface area contributed by atoms with E-state index in [-0.39, 0.29) is 0 Å². The molecule has 0 radical (unpaired) electrons. The Morgan fingerprint density at radius 1 is 1.53 bits per heavy atom. The number of carbonyl (C=O) groups excluding carboxylic acids is 1. The predicted octanol–water partition coefficient (Wildman–Crippen LogP) is 1.87. The van der Waals surface area contributed by atoms with Crippen LogP contribution in [0.15, 0.2) is 24.5 Å². The lowest BCUT2D eigenvalue weighted by Crippen LogP contribution is -2.46. The third kappa shape index (κ3) is 4.57. The van der Waals surface area contributed by atoms with Crippen LogP contribution < -0.4 is 10.2 Å². The molecule has 2 amide bonds. The maximum Gasteiger partial charge on any atom is 0.326 e. The fourth-order valence-electron chi connectivity index (χ4n) is 1.58. The van der Waals surface area contributed by atoms with Crippen molar-refractivity contribution in [2.24, 2.45) is 0 Å². The van der Waals surface area contributed by atoms with Gasteiger partial charge in [-0.25, -0.2) is 9.59 Å². The number of nitrogens with one attached hydrogen (secondary N) is 1. The van der Waals surface area contributed by atoms with Crippen molar-refractivity contribution in [1.82, 2.24) is 10.3 Å². The number of anilines is 1. The highest BCUT2D eigenvalue weighted by Crippen LogP contribution is 2.10. The minimum absolute atomic E-state index is 0.429. The van der Waals surface area contributed by atoms with Gasteiger partial charge in [-0.05, 0) is 18.6 Å². The number of pyridine rings is 1. The van der Waals surface area contributed by atoms with Crippen LogP contribution in [-0.2, 0) is 4.79 Å². The van der Waals surface area contributed by atoms with Gasteiger partial charge in [0.05, 0.1) is 11.9 Å². The fraction of sp³-hybridized carbons (Fsp3) is 0.462. The van der Waals surface area contributed by atoms with Crippen LogP contribution in [0.5, 0.6) is 0 Å². The van der Waals surface area contributed by atoms with Crippen molar-refractivity contribution in [3.8, 4) is 0 Å². The number of hydrogen-bond acceptors (Lipinski definition) is 3. The van der Waals surface area contributed by atoms with Gasteiger partial charge in [0, 0.05) is 13.2 Å². The van der Waals surface area contributed by atoms with Crippen molar-refractivity contribution in [3.63, 3.8) is 0 Å². The molecule has 0 saturated carbocycles. The standard InChI is InChI=1S/C13H19N3O3/c1-3-4-7-11(12(17)18)15-13(19)16(2)10-6-5-8-14-9-10/h5-6,8-9,11H,3-4,7H2,1-2H3,(H,15,19)(H,17,18). The van der Waals surface area contributed by atoms with Gasteiger partial charge in [0.15, 0.2) is 0 Å². The van der Waals surface area contributed by atoms with E-state index < -0.39 is 18.0 Å². The second-order valence-corrected chi connectivity index (χ2v) is 4.25. The Bertz CT molecular complexity index is 422. The zero-order valence-corrected chi connectivity index (χ0v) is 11.2. The molecule has 0 aliphatic carbocycles. The highest BCUT2D eigenvalue weighted by Gasteiger charge is 2.21. The van der Waals surface area contributed by atoms with E-state index in [4.69, 9.17) is 5.11 Å². The summed E-state index contributed by atoms with van der Waals surface area (Å²) in [6.45, 7) is 1.97. The summed E-state index contributed by atoms with van der Waals surface area (Å²) in [5.74, 6) is -1.01. The van der Waals surface area contributed by atoms with Crippen LogP contribution in [0.1, 0.15) is 26.2 Å². The molecule has 1 aromatic rings. The van der Waals surface area contributed by atoms with Crippen molar-refractivity contribution in [1.29, 1.82) is 0 Å². The quantitative estimate of drug-likeness (QED) is 0.822. The lowest BCUT2D eigenvalue weighted by Gasteiger charge is -2.21. The van der Waals surface area contributed by atoms with E-state index in [1.54, 1.807) is 31.6 Å². The van der Waals surface area contributed by atoms with Crippen molar-refractivity contribution >= 4 is 17.7 Å². The molecule has 1 atom stereocenters. The second-order valence-electron chi connectivity index (χ2n) is 4.25. The number of urea groups is 1. The molecular weight excluding hydrogens is 246 g/mol. The van der Waals surface area contributed by atoms with Gasteiger partial charge in [-0.3, -0.25) is 9.88 Å². The summed E-state index contributed by atoms with van der Waals surface area (Å²) in [4.78, 5) is 28.3. The average molecular weight is 265 g/mol. The SMILES string of the molecule is CCCCC(NC(=O)N(C)c1cccnc1)C(=O)O. The number of carboxylic acids is 1. The Kier molecular flexibility index (Phi) is 5.78. The predicted molar refractivity (Wildman–Crippen MR) is 72.1 cm³/mol. The third-order valence-corrected chi connectivity index (χ3v) is 2.78. The lowest BCUT2D eigenvalue weighted by atomic mass is 10.1. The van der Waals surface area contributed by atoms with Gasteiger partial charge in [-0.1, -0.05) is 19.8 Å². The number of hydrogen-bond donors (Lipinski definition) is 2. The van der Waals surface area contributed by atoms with E-state index in [9.17, 15) is 9.59 Å². The van der Waals surface area contributed by atoms with Gasteiger partial charge < -0.3 is 10.4 Å². The van der Waals surface area contributed by atoms with Crippen LogP contribution >= 0.6 is 0 Å². The molecule has 104 valence electrons. The summed E-state index contributed by atoms with van der Waals surface area (Å²) in [5, 5.41) is 11.6. The Morgan fingerprint density at radius 3 is 2.79 bits per heavy atom. The first-order valence-corrected chi connectivity index (χ1v) is 6.23. The van der Waals surface area contributed by atoms with Crippen molar-refractivity contribution in [2.45, 2.75) is 32.2 Å². The van der Waals surface area contributed by atoms with E-state index in [0.717, 1.165) is 12.8 Å². The third-order valence-electron chi connectivity index (χ3n) is 2.78. The minimum Gasteiger partial charge on any atom is -0.480 e. The summed E-state index contributed by atoms with van der Waals surface area (Å²) in [5.41, 5.74) is 0.611. The highest BCUT2D eigenvalue weighted by molar-refractivity contribution is 5.93. The van der Waals surface area contributed by atoms with Crippen molar-refractivity contribution in [3.05, 3.63) is 24.5 Å². The average Bonchev–Trinajstić information content (AvgIpc) is 2.43. The molecular formula is C13H19N3O3. The molecule has 2 N–H and O–H groups in total. The molecule has 1 unspecified atom stereocenters. The van der Waals surface area contributed by atoms with Crippen LogP contribution in [0, 0.1) is 0 Å². The van der Waals surface area contributed by atoms with E-state index in [1.165, 1.54) is 4.90 Å². The van der Waals surface area contributed by atoms with Crippen LogP contribution in [-0.4, -0.2) is 35.2 Å². The van der Waals surface area contributed by atoms with Crippen LogP contribution in [0.25, 0.3) is 0 Å². The molecule has 6 heteroatoms. The van der Waals surface area contributed by atoms with Gasteiger partial charge in [0.1, 0.15) is 6.04 Å². The van der Waals surface area contributed by atoms with Gasteiger partial charge in [-0.15, -0.1) is 0 Å². The highest BCUT2D eigenvalue weighted by atomic mass is 16.4. The first-order chi connectivity index (χ1) is 9.06. The van der Waals surface area contributed by atoms with Crippen LogP contribution in [0.3, 0.4) is 0 Å². The van der Waals surface area contributed by atoms with E-state index in [2.05, 4.69) is 10.3 Å². The number of aliphatic carboxylic acids is 1. The monoisotopic (exact) mass is 265 g/mol. The lowest BCUT2D eigenvalue weighted by molar-refractivity contribution is -0.139. The van der Waals surface area contributed by atoms with Crippen molar-refractivity contribution in [2.75, 3.05) is 11.9 Å². The molecule has 1 heterocycles. The smallest absolute Gasteiger partial charge is 0.326 e. The maximum atomic E-state index is 11.9. The minimum atomic E-state index is -1.01. The summed E-state index contributed by atoms with van der Waals surface area (Å²) in [6.07, 6.45) is 5.22. The van der Waals surface area contributed by atoms with Gasteiger partial charge in [0.25, 0.3) is 0 Å². The number of rotatable bonds is 6. The molecule has 0 saturated heterocycles. The number of amides is 2. The second kappa shape index (κ2) is 7.35. The fourth-order valence-corrected chi connectivity index (χ4v) is 1.58. The molecule has 0 aliphatic rings. The van der Waals surface area contributed by atoms with E-state index in [1.807, 2.05) is 6.92 Å². The first kappa shape index (κ1) is 14.9. The largest absolute Gasteiger partial charge is 0.480 e. The van der Waals surface area contributed by atoms with Crippen molar-refractivity contribution < 1.29 is 14.7 Å². The number of aromatic nitrogens is 1. The molecule has 1 aromatic heterocycles. The Morgan fingerprint density at radius 2 is 2.26 bits per heavy atom. The zero-order chi connectivity index (χ0) is 14.3. The summed E-state index contributed by atoms with van der Waals surface area (Å²) in [7, 11) is 1.57.